The second-order valence-electron chi connectivity index (χ2n) is 4.43. The fourth-order valence-electron chi connectivity index (χ4n) is 2.09. The Morgan fingerprint density at radius 2 is 2.00 bits per heavy atom. The highest BCUT2D eigenvalue weighted by Crippen LogP contribution is 2.18. The number of thioether (sulfide) groups is 1. The molecular formula is C14H11N5OS. The van der Waals surface area contributed by atoms with Gasteiger partial charge in [-0.2, -0.15) is 5.26 Å². The number of hydrogen-bond acceptors (Lipinski definition) is 5. The van der Waals surface area contributed by atoms with Gasteiger partial charge in [-0.1, -0.05) is 11.8 Å². The van der Waals surface area contributed by atoms with E-state index >= 15 is 0 Å². The van der Waals surface area contributed by atoms with E-state index in [-0.39, 0.29) is 5.56 Å². The number of rotatable bonds is 2. The number of aromatic nitrogens is 4. The average Bonchev–Trinajstić information content (AvgIpc) is 2.89. The van der Waals surface area contributed by atoms with Gasteiger partial charge in [0.05, 0.1) is 23.6 Å². The van der Waals surface area contributed by atoms with E-state index in [0.717, 1.165) is 0 Å². The first kappa shape index (κ1) is 13.4. The van der Waals surface area contributed by atoms with Crippen LogP contribution in [0.15, 0.2) is 40.5 Å². The van der Waals surface area contributed by atoms with Crippen LogP contribution in [0, 0.1) is 11.3 Å². The Hall–Kier alpha value is -2.59. The summed E-state index contributed by atoms with van der Waals surface area (Å²) in [6.07, 6.45) is 3.44. The maximum atomic E-state index is 12.6. The summed E-state index contributed by atoms with van der Waals surface area (Å²) in [6, 6.07) is 8.87. The molecule has 0 bridgehead atoms. The zero-order valence-electron chi connectivity index (χ0n) is 11.4. The zero-order valence-corrected chi connectivity index (χ0v) is 12.3. The first-order valence-electron chi connectivity index (χ1n) is 6.14. The first-order valence-corrected chi connectivity index (χ1v) is 7.37. The molecule has 1 aromatic carbocycles. The molecule has 0 radical (unpaired) electrons. The van der Waals surface area contributed by atoms with Crippen molar-refractivity contribution in [1.29, 1.82) is 5.26 Å². The van der Waals surface area contributed by atoms with Gasteiger partial charge in [0.15, 0.2) is 16.3 Å². The quantitative estimate of drug-likeness (QED) is 0.531. The summed E-state index contributed by atoms with van der Waals surface area (Å²) in [5.41, 5.74) is 1.90. The summed E-state index contributed by atoms with van der Waals surface area (Å²) in [4.78, 5) is 21.3. The molecule has 2 heterocycles. The number of nitriles is 1. The van der Waals surface area contributed by atoms with Crippen LogP contribution in [0.2, 0.25) is 0 Å². The third kappa shape index (κ3) is 2.10. The molecule has 7 heteroatoms. The van der Waals surface area contributed by atoms with Gasteiger partial charge in [0, 0.05) is 7.05 Å². The molecule has 0 spiro atoms. The van der Waals surface area contributed by atoms with Gasteiger partial charge >= 0.3 is 0 Å². The minimum absolute atomic E-state index is 0.213. The molecule has 0 saturated heterocycles. The van der Waals surface area contributed by atoms with Crippen molar-refractivity contribution >= 4 is 22.9 Å². The minimum Gasteiger partial charge on any atom is -0.318 e. The van der Waals surface area contributed by atoms with Gasteiger partial charge < -0.3 is 4.57 Å². The predicted molar refractivity (Wildman–Crippen MR) is 80.6 cm³/mol. The van der Waals surface area contributed by atoms with E-state index in [0.29, 0.717) is 27.6 Å². The van der Waals surface area contributed by atoms with E-state index < -0.39 is 0 Å². The maximum Gasteiger partial charge on any atom is 0.286 e. The Labute approximate surface area is 124 Å². The molecule has 3 rings (SSSR count). The van der Waals surface area contributed by atoms with E-state index in [1.54, 1.807) is 42.2 Å². The van der Waals surface area contributed by atoms with Gasteiger partial charge in [0.2, 0.25) is 0 Å². The highest BCUT2D eigenvalue weighted by Gasteiger charge is 2.15. The number of hydrogen-bond donors (Lipinski definition) is 0. The summed E-state index contributed by atoms with van der Waals surface area (Å²) in [6.45, 7) is 0. The Kier molecular flexibility index (Phi) is 3.23. The van der Waals surface area contributed by atoms with Crippen molar-refractivity contribution in [2.24, 2.45) is 7.05 Å². The third-order valence-electron chi connectivity index (χ3n) is 3.14. The minimum atomic E-state index is -0.213. The maximum absolute atomic E-state index is 12.6. The molecule has 2 aromatic heterocycles. The predicted octanol–water partition coefficient (Wildman–Crippen LogP) is 1.71. The van der Waals surface area contributed by atoms with Crippen LogP contribution in [0.3, 0.4) is 0 Å². The van der Waals surface area contributed by atoms with Crippen LogP contribution < -0.4 is 5.56 Å². The lowest BCUT2D eigenvalue weighted by Crippen LogP contribution is -2.22. The number of fused-ring (bicyclic) bond motifs is 1. The molecule has 3 aromatic rings. The third-order valence-corrected chi connectivity index (χ3v) is 3.78. The zero-order chi connectivity index (χ0) is 15.0. The second kappa shape index (κ2) is 5.07. The molecule has 0 saturated carbocycles. The standard InChI is InChI=1S/C14H11N5OS/c1-18-8-16-11-12(18)17-14(21-2)19(13(11)20)10-5-3-9(7-15)4-6-10/h3-6,8H,1-2H3. The molecule has 0 N–H and O–H groups in total. The second-order valence-corrected chi connectivity index (χ2v) is 5.20. The fraction of sp³-hybridized carbons (Fsp3) is 0.143. The highest BCUT2D eigenvalue weighted by molar-refractivity contribution is 7.98. The lowest BCUT2D eigenvalue weighted by molar-refractivity contribution is 0.804. The van der Waals surface area contributed by atoms with Crippen LogP contribution in [-0.4, -0.2) is 25.4 Å². The molecule has 6 nitrogen and oxygen atoms in total. The van der Waals surface area contributed by atoms with Crippen LogP contribution in [0.25, 0.3) is 16.9 Å². The number of imidazole rings is 1. The Bertz CT molecular complexity index is 917. The van der Waals surface area contributed by atoms with E-state index in [9.17, 15) is 4.79 Å². The molecule has 0 aliphatic rings. The van der Waals surface area contributed by atoms with Crippen LogP contribution in [-0.2, 0) is 7.05 Å². The van der Waals surface area contributed by atoms with E-state index in [1.807, 2.05) is 6.26 Å². The van der Waals surface area contributed by atoms with E-state index in [1.165, 1.54) is 16.3 Å². The van der Waals surface area contributed by atoms with Crippen molar-refractivity contribution in [3.8, 4) is 11.8 Å². The smallest absolute Gasteiger partial charge is 0.286 e. The van der Waals surface area contributed by atoms with Crippen molar-refractivity contribution in [2.45, 2.75) is 5.16 Å². The Balaban J connectivity index is 2.32. The summed E-state index contributed by atoms with van der Waals surface area (Å²) >= 11 is 1.39. The fourth-order valence-corrected chi connectivity index (χ4v) is 2.64. The van der Waals surface area contributed by atoms with Gasteiger partial charge in [-0.05, 0) is 30.5 Å². The van der Waals surface area contributed by atoms with Crippen LogP contribution in [0.1, 0.15) is 5.56 Å². The van der Waals surface area contributed by atoms with Crippen molar-refractivity contribution in [1.82, 2.24) is 19.1 Å². The topological polar surface area (TPSA) is 76.5 Å². The summed E-state index contributed by atoms with van der Waals surface area (Å²) in [5.74, 6) is 0. The number of aryl methyl sites for hydroxylation is 1. The summed E-state index contributed by atoms with van der Waals surface area (Å²) < 4.78 is 3.24. The normalized spacial score (nSPS) is 10.7. The van der Waals surface area contributed by atoms with Gasteiger partial charge in [-0.3, -0.25) is 9.36 Å². The Morgan fingerprint density at radius 1 is 1.29 bits per heavy atom. The van der Waals surface area contributed by atoms with Gasteiger partial charge in [0.1, 0.15) is 0 Å². The molecule has 0 unspecified atom stereocenters. The van der Waals surface area contributed by atoms with Crippen molar-refractivity contribution in [3.05, 3.63) is 46.5 Å². The monoisotopic (exact) mass is 297 g/mol. The lowest BCUT2D eigenvalue weighted by atomic mass is 10.2. The lowest BCUT2D eigenvalue weighted by Gasteiger charge is -2.10. The molecule has 0 aliphatic carbocycles. The van der Waals surface area contributed by atoms with Crippen LogP contribution in [0.4, 0.5) is 0 Å². The largest absolute Gasteiger partial charge is 0.318 e. The first-order chi connectivity index (χ1) is 10.2. The van der Waals surface area contributed by atoms with Crippen molar-refractivity contribution in [2.75, 3.05) is 6.26 Å². The summed E-state index contributed by atoms with van der Waals surface area (Å²) in [7, 11) is 1.80. The number of nitrogens with zero attached hydrogens (tertiary/aromatic N) is 5. The van der Waals surface area contributed by atoms with Gasteiger partial charge in [-0.15, -0.1) is 0 Å². The van der Waals surface area contributed by atoms with Gasteiger partial charge in [-0.25, -0.2) is 9.97 Å². The average molecular weight is 297 g/mol. The van der Waals surface area contributed by atoms with E-state index in [2.05, 4.69) is 16.0 Å². The molecule has 0 fully saturated rings. The SMILES string of the molecule is CSc1nc2c(ncn2C)c(=O)n1-c1ccc(C#N)cc1. The van der Waals surface area contributed by atoms with Crippen LogP contribution >= 0.6 is 11.8 Å². The molecule has 0 atom stereocenters. The molecule has 21 heavy (non-hydrogen) atoms. The highest BCUT2D eigenvalue weighted by atomic mass is 32.2. The van der Waals surface area contributed by atoms with E-state index in [4.69, 9.17) is 5.26 Å². The van der Waals surface area contributed by atoms with Crippen molar-refractivity contribution in [3.63, 3.8) is 0 Å². The molecule has 0 aliphatic heterocycles. The Morgan fingerprint density at radius 3 is 2.62 bits per heavy atom. The summed E-state index contributed by atoms with van der Waals surface area (Å²) in [5, 5.41) is 9.43. The number of benzene rings is 1. The molecule has 104 valence electrons. The van der Waals surface area contributed by atoms with Crippen LogP contribution in [0.5, 0.6) is 0 Å². The molecular weight excluding hydrogens is 286 g/mol. The van der Waals surface area contributed by atoms with Gasteiger partial charge in [0.25, 0.3) is 5.56 Å². The van der Waals surface area contributed by atoms with Crippen molar-refractivity contribution < 1.29 is 0 Å². The molecule has 0 amide bonds.